The van der Waals surface area contributed by atoms with Crippen LogP contribution in [0.1, 0.15) is 60.0 Å². The van der Waals surface area contributed by atoms with Gasteiger partial charge in [-0.25, -0.2) is 0 Å². The Bertz CT molecular complexity index is 930. The second-order valence-electron chi connectivity index (χ2n) is 8.78. The maximum absolute atomic E-state index is 12.5. The van der Waals surface area contributed by atoms with Crippen LogP contribution in [0.2, 0.25) is 0 Å². The third-order valence-corrected chi connectivity index (χ3v) is 5.99. The Morgan fingerprint density at radius 1 is 0.879 bits per heavy atom. The van der Waals surface area contributed by atoms with Gasteiger partial charge in [0.2, 0.25) is 11.8 Å². The number of nitrogens with zero attached hydrogens (tertiary/aromatic N) is 1. The lowest BCUT2D eigenvalue weighted by Gasteiger charge is -2.32. The van der Waals surface area contributed by atoms with E-state index in [2.05, 4.69) is 5.32 Å². The summed E-state index contributed by atoms with van der Waals surface area (Å²) in [4.78, 5) is 38.8. The van der Waals surface area contributed by atoms with Gasteiger partial charge in [-0.05, 0) is 45.2 Å². The first-order valence-electron chi connectivity index (χ1n) is 11.8. The molecule has 0 saturated carbocycles. The Labute approximate surface area is 196 Å². The zero-order chi connectivity index (χ0) is 23.6. The molecule has 0 radical (unpaired) electrons. The number of rotatable bonds is 10. The lowest BCUT2D eigenvalue weighted by molar-refractivity contribution is -0.132. The standard InChI is InChI=1S/C27H34N2O4/c1-20-5-9-22(10-6-20)25(30)13-14-27(32)29-17-15-23(16-18-29)28-26(31)4-3-19-33-24-11-7-21(2)8-12-24/h5-12,23H,3-4,13-19H2,1-2H3,(H,28,31). The van der Waals surface area contributed by atoms with Crippen molar-refractivity contribution in [1.82, 2.24) is 10.2 Å². The lowest BCUT2D eigenvalue weighted by Crippen LogP contribution is -2.46. The zero-order valence-corrected chi connectivity index (χ0v) is 19.6. The van der Waals surface area contributed by atoms with E-state index >= 15 is 0 Å². The molecule has 2 amide bonds. The minimum atomic E-state index is -0.00291. The van der Waals surface area contributed by atoms with Crippen LogP contribution in [-0.4, -0.2) is 48.2 Å². The number of aryl methyl sites for hydroxylation is 2. The van der Waals surface area contributed by atoms with Crippen molar-refractivity contribution in [3.05, 3.63) is 65.2 Å². The van der Waals surface area contributed by atoms with Crippen LogP contribution in [0.4, 0.5) is 0 Å². The summed E-state index contributed by atoms with van der Waals surface area (Å²) in [6.07, 6.45) is 3.01. The number of amides is 2. The topological polar surface area (TPSA) is 75.7 Å². The van der Waals surface area contributed by atoms with E-state index in [0.29, 0.717) is 38.1 Å². The molecule has 1 aliphatic rings. The van der Waals surface area contributed by atoms with Gasteiger partial charge < -0.3 is 15.0 Å². The first kappa shape index (κ1) is 24.5. The number of ketones is 1. The van der Waals surface area contributed by atoms with E-state index in [-0.39, 0.29) is 36.5 Å². The van der Waals surface area contributed by atoms with Crippen molar-refractivity contribution >= 4 is 17.6 Å². The van der Waals surface area contributed by atoms with Crippen molar-refractivity contribution in [3.8, 4) is 5.75 Å². The van der Waals surface area contributed by atoms with Crippen LogP contribution in [0.15, 0.2) is 48.5 Å². The van der Waals surface area contributed by atoms with Crippen LogP contribution in [0.5, 0.6) is 5.75 Å². The number of piperidine rings is 1. The van der Waals surface area contributed by atoms with E-state index in [9.17, 15) is 14.4 Å². The van der Waals surface area contributed by atoms with Gasteiger partial charge in [0.25, 0.3) is 0 Å². The second-order valence-corrected chi connectivity index (χ2v) is 8.78. The third-order valence-electron chi connectivity index (χ3n) is 5.99. The van der Waals surface area contributed by atoms with Crippen LogP contribution in [0, 0.1) is 13.8 Å². The van der Waals surface area contributed by atoms with Gasteiger partial charge in [0.1, 0.15) is 5.75 Å². The number of ether oxygens (including phenoxy) is 1. The Morgan fingerprint density at radius 2 is 1.48 bits per heavy atom. The first-order chi connectivity index (χ1) is 15.9. The van der Waals surface area contributed by atoms with E-state index in [1.165, 1.54) is 5.56 Å². The summed E-state index contributed by atoms with van der Waals surface area (Å²) in [6.45, 7) is 5.73. The summed E-state index contributed by atoms with van der Waals surface area (Å²) in [5.41, 5.74) is 2.94. The van der Waals surface area contributed by atoms with Crippen molar-refractivity contribution in [2.75, 3.05) is 19.7 Å². The van der Waals surface area contributed by atoms with Crippen molar-refractivity contribution in [1.29, 1.82) is 0 Å². The van der Waals surface area contributed by atoms with Crippen LogP contribution >= 0.6 is 0 Å². The van der Waals surface area contributed by atoms with Gasteiger partial charge in [-0.1, -0.05) is 47.5 Å². The highest BCUT2D eigenvalue weighted by molar-refractivity contribution is 5.98. The minimum absolute atomic E-state index is 0.00291. The lowest BCUT2D eigenvalue weighted by atomic mass is 10.0. The smallest absolute Gasteiger partial charge is 0.223 e. The summed E-state index contributed by atoms with van der Waals surface area (Å²) in [5.74, 6) is 0.847. The molecule has 33 heavy (non-hydrogen) atoms. The van der Waals surface area contributed by atoms with Crippen molar-refractivity contribution < 1.29 is 19.1 Å². The predicted octanol–water partition coefficient (Wildman–Crippen LogP) is 4.23. The van der Waals surface area contributed by atoms with E-state index in [0.717, 1.165) is 24.2 Å². The molecule has 0 unspecified atom stereocenters. The molecular weight excluding hydrogens is 416 g/mol. The maximum atomic E-state index is 12.5. The van der Waals surface area contributed by atoms with Crippen LogP contribution in [-0.2, 0) is 9.59 Å². The van der Waals surface area contributed by atoms with Crippen molar-refractivity contribution in [3.63, 3.8) is 0 Å². The molecule has 0 atom stereocenters. The van der Waals surface area contributed by atoms with Crippen LogP contribution < -0.4 is 10.1 Å². The fourth-order valence-electron chi connectivity index (χ4n) is 3.89. The summed E-state index contributed by atoms with van der Waals surface area (Å²) in [5, 5.41) is 3.07. The number of carbonyl (C=O) groups is 3. The Hall–Kier alpha value is -3.15. The normalized spacial score (nSPS) is 14.1. The molecule has 1 heterocycles. The van der Waals surface area contributed by atoms with Gasteiger partial charge in [-0.2, -0.15) is 0 Å². The Kier molecular flexibility index (Phi) is 9.04. The fraction of sp³-hybridized carbons (Fsp3) is 0.444. The predicted molar refractivity (Wildman–Crippen MR) is 128 cm³/mol. The van der Waals surface area contributed by atoms with E-state index < -0.39 is 0 Å². The van der Waals surface area contributed by atoms with Crippen LogP contribution in [0.3, 0.4) is 0 Å². The van der Waals surface area contributed by atoms with E-state index in [1.54, 1.807) is 4.90 Å². The van der Waals surface area contributed by atoms with Gasteiger partial charge in [0, 0.05) is 44.0 Å². The molecule has 6 nitrogen and oxygen atoms in total. The largest absolute Gasteiger partial charge is 0.494 e. The molecule has 1 fully saturated rings. The first-order valence-corrected chi connectivity index (χ1v) is 11.8. The van der Waals surface area contributed by atoms with E-state index in [4.69, 9.17) is 4.74 Å². The third kappa shape index (κ3) is 8.04. The molecule has 0 spiro atoms. The van der Waals surface area contributed by atoms with Gasteiger partial charge in [0.05, 0.1) is 6.61 Å². The molecule has 176 valence electrons. The SMILES string of the molecule is Cc1ccc(OCCCC(=O)NC2CCN(C(=O)CCC(=O)c3ccc(C)cc3)CC2)cc1. The Morgan fingerprint density at radius 3 is 2.12 bits per heavy atom. The quantitative estimate of drug-likeness (QED) is 0.434. The molecule has 2 aromatic rings. The molecule has 0 aliphatic carbocycles. The fourth-order valence-corrected chi connectivity index (χ4v) is 3.89. The summed E-state index contributed by atoms with van der Waals surface area (Å²) < 4.78 is 5.67. The second kappa shape index (κ2) is 12.2. The van der Waals surface area contributed by atoms with E-state index in [1.807, 2.05) is 62.4 Å². The molecule has 1 N–H and O–H groups in total. The summed E-state index contributed by atoms with van der Waals surface area (Å²) >= 11 is 0. The van der Waals surface area contributed by atoms with Gasteiger partial charge >= 0.3 is 0 Å². The zero-order valence-electron chi connectivity index (χ0n) is 19.6. The number of nitrogens with one attached hydrogen (secondary N) is 1. The molecule has 2 aromatic carbocycles. The van der Waals surface area contributed by atoms with Gasteiger partial charge in [0.15, 0.2) is 5.78 Å². The van der Waals surface area contributed by atoms with Gasteiger partial charge in [-0.15, -0.1) is 0 Å². The highest BCUT2D eigenvalue weighted by Gasteiger charge is 2.24. The highest BCUT2D eigenvalue weighted by Crippen LogP contribution is 2.15. The number of hydrogen-bond donors (Lipinski definition) is 1. The average molecular weight is 451 g/mol. The molecule has 6 heteroatoms. The highest BCUT2D eigenvalue weighted by atomic mass is 16.5. The average Bonchev–Trinajstić information content (AvgIpc) is 2.82. The number of carbonyl (C=O) groups excluding carboxylic acids is 3. The van der Waals surface area contributed by atoms with Crippen molar-refractivity contribution in [2.24, 2.45) is 0 Å². The van der Waals surface area contributed by atoms with Crippen molar-refractivity contribution in [2.45, 2.75) is 58.4 Å². The molecular formula is C27H34N2O4. The number of likely N-dealkylation sites (tertiary alicyclic amines) is 1. The molecule has 0 aromatic heterocycles. The molecule has 1 saturated heterocycles. The molecule has 1 aliphatic heterocycles. The minimum Gasteiger partial charge on any atom is -0.494 e. The summed E-state index contributed by atoms with van der Waals surface area (Å²) in [7, 11) is 0. The monoisotopic (exact) mass is 450 g/mol. The number of Topliss-reactive ketones (excluding diaryl/α,β-unsaturated/α-hetero) is 1. The number of hydrogen-bond acceptors (Lipinski definition) is 4. The van der Waals surface area contributed by atoms with Crippen LogP contribution in [0.25, 0.3) is 0 Å². The Balaban J connectivity index is 1.29. The summed E-state index contributed by atoms with van der Waals surface area (Å²) in [6, 6.07) is 15.4. The number of benzene rings is 2. The molecule has 3 rings (SSSR count). The molecule has 0 bridgehead atoms. The van der Waals surface area contributed by atoms with Gasteiger partial charge in [-0.3, -0.25) is 14.4 Å². The maximum Gasteiger partial charge on any atom is 0.223 e.